The van der Waals surface area contributed by atoms with Crippen LogP contribution in [0.2, 0.25) is 0 Å². The van der Waals surface area contributed by atoms with Crippen LogP contribution >= 0.6 is 0 Å². The van der Waals surface area contributed by atoms with Crippen LogP contribution in [0.1, 0.15) is 18.6 Å². The van der Waals surface area contributed by atoms with Crippen molar-refractivity contribution in [1.29, 1.82) is 0 Å². The number of rotatable bonds is 4. The molecule has 4 heteroatoms. The van der Waals surface area contributed by atoms with E-state index in [1.807, 2.05) is 0 Å². The van der Waals surface area contributed by atoms with Gasteiger partial charge in [0.05, 0.1) is 12.1 Å². The topological polar surface area (TPSA) is 25.2 Å². The summed E-state index contributed by atoms with van der Waals surface area (Å²) in [6.07, 6.45) is 2.40. The Labute approximate surface area is 104 Å². The first-order chi connectivity index (χ1) is 8.72. The van der Waals surface area contributed by atoms with Gasteiger partial charge in [-0.15, -0.1) is 0 Å². The summed E-state index contributed by atoms with van der Waals surface area (Å²) in [4.78, 5) is 0. The van der Waals surface area contributed by atoms with Crippen LogP contribution in [0, 0.1) is 11.6 Å². The molecular formula is C14H13F2NO. The van der Waals surface area contributed by atoms with Crippen molar-refractivity contribution in [2.24, 2.45) is 0 Å². The largest absolute Gasteiger partial charge is 0.460 e. The van der Waals surface area contributed by atoms with Crippen LogP contribution in [-0.2, 0) is 6.54 Å². The van der Waals surface area contributed by atoms with Gasteiger partial charge < -0.3 is 9.73 Å². The lowest BCUT2D eigenvalue weighted by atomic mass is 10.1. The summed E-state index contributed by atoms with van der Waals surface area (Å²) in [6, 6.07) is 7.39. The molecule has 18 heavy (non-hydrogen) atoms. The van der Waals surface area contributed by atoms with Crippen molar-refractivity contribution in [3.05, 3.63) is 47.7 Å². The summed E-state index contributed by atoms with van der Waals surface area (Å²) in [5.74, 6) is 0.146. The molecule has 0 unspecified atom stereocenters. The Morgan fingerprint density at radius 3 is 2.78 bits per heavy atom. The molecule has 0 amide bonds. The first-order valence-electron chi connectivity index (χ1n) is 6.00. The Hall–Kier alpha value is -1.68. The van der Waals surface area contributed by atoms with Gasteiger partial charge in [0, 0.05) is 6.04 Å². The van der Waals surface area contributed by atoms with Gasteiger partial charge in [-0.3, -0.25) is 0 Å². The van der Waals surface area contributed by atoms with E-state index in [-0.39, 0.29) is 5.56 Å². The molecule has 0 atom stereocenters. The zero-order valence-corrected chi connectivity index (χ0v) is 9.75. The van der Waals surface area contributed by atoms with E-state index >= 15 is 0 Å². The van der Waals surface area contributed by atoms with Crippen LogP contribution in [0.5, 0.6) is 0 Å². The summed E-state index contributed by atoms with van der Waals surface area (Å²) in [7, 11) is 0. The second-order valence-corrected chi connectivity index (χ2v) is 4.55. The van der Waals surface area contributed by atoms with Crippen LogP contribution < -0.4 is 5.32 Å². The highest BCUT2D eigenvalue weighted by Gasteiger charge is 2.20. The molecule has 94 valence electrons. The maximum absolute atomic E-state index is 13.5. The van der Waals surface area contributed by atoms with Crippen LogP contribution in [0.25, 0.3) is 11.3 Å². The van der Waals surface area contributed by atoms with Gasteiger partial charge in [-0.05, 0) is 43.2 Å². The van der Waals surface area contributed by atoms with Gasteiger partial charge in [0.1, 0.15) is 23.2 Å². The van der Waals surface area contributed by atoms with Crippen LogP contribution in [0.15, 0.2) is 34.7 Å². The highest BCUT2D eigenvalue weighted by atomic mass is 19.1. The molecule has 1 aromatic heterocycles. The summed E-state index contributed by atoms with van der Waals surface area (Å²) >= 11 is 0. The predicted molar refractivity (Wildman–Crippen MR) is 63.9 cm³/mol. The van der Waals surface area contributed by atoms with Crippen molar-refractivity contribution in [3.63, 3.8) is 0 Å². The van der Waals surface area contributed by atoms with Crippen molar-refractivity contribution in [1.82, 2.24) is 5.32 Å². The number of hydrogen-bond acceptors (Lipinski definition) is 2. The van der Waals surface area contributed by atoms with E-state index in [9.17, 15) is 8.78 Å². The molecule has 0 aliphatic heterocycles. The average molecular weight is 249 g/mol. The van der Waals surface area contributed by atoms with E-state index in [2.05, 4.69) is 5.32 Å². The van der Waals surface area contributed by atoms with Gasteiger partial charge in [-0.2, -0.15) is 0 Å². The quantitative estimate of drug-likeness (QED) is 0.897. The molecule has 0 bridgehead atoms. The molecule has 0 spiro atoms. The predicted octanol–water partition coefficient (Wildman–Crippen LogP) is 3.48. The van der Waals surface area contributed by atoms with E-state index < -0.39 is 11.6 Å². The minimum atomic E-state index is -0.479. The van der Waals surface area contributed by atoms with Gasteiger partial charge in [0.2, 0.25) is 0 Å². The lowest BCUT2D eigenvalue weighted by Crippen LogP contribution is -2.14. The highest BCUT2D eigenvalue weighted by Crippen LogP contribution is 2.26. The number of benzene rings is 1. The van der Waals surface area contributed by atoms with Crippen molar-refractivity contribution >= 4 is 0 Å². The molecule has 1 aliphatic carbocycles. The molecule has 2 aromatic rings. The van der Waals surface area contributed by atoms with Gasteiger partial charge in [0.25, 0.3) is 0 Å². The third-order valence-electron chi connectivity index (χ3n) is 3.00. The average Bonchev–Trinajstić information content (AvgIpc) is 3.08. The molecule has 1 saturated carbocycles. The normalized spacial score (nSPS) is 15.0. The lowest BCUT2D eigenvalue weighted by Gasteiger charge is -2.01. The summed E-state index contributed by atoms with van der Waals surface area (Å²) in [6.45, 7) is 0.627. The standard InChI is InChI=1S/C14H13F2NO/c15-9-1-5-13(16)12(7-9)14-6-4-11(18-14)8-17-10-2-3-10/h1,4-7,10,17H,2-3,8H2. The molecule has 0 radical (unpaired) electrons. The smallest absolute Gasteiger partial charge is 0.137 e. The number of halogens is 2. The monoisotopic (exact) mass is 249 g/mol. The Kier molecular flexibility index (Phi) is 2.88. The molecule has 1 N–H and O–H groups in total. The molecule has 3 rings (SSSR count). The zero-order valence-electron chi connectivity index (χ0n) is 9.75. The molecular weight excluding hydrogens is 236 g/mol. The maximum Gasteiger partial charge on any atom is 0.137 e. The number of furan rings is 1. The van der Waals surface area contributed by atoms with Gasteiger partial charge in [-0.25, -0.2) is 8.78 Å². The third kappa shape index (κ3) is 2.43. The summed E-state index contributed by atoms with van der Waals surface area (Å²) in [5.41, 5.74) is 0.160. The fourth-order valence-electron chi connectivity index (χ4n) is 1.84. The molecule has 1 aromatic carbocycles. The maximum atomic E-state index is 13.5. The van der Waals surface area contributed by atoms with Crippen LogP contribution in [-0.4, -0.2) is 6.04 Å². The van der Waals surface area contributed by atoms with Gasteiger partial charge >= 0.3 is 0 Å². The molecule has 0 saturated heterocycles. The highest BCUT2D eigenvalue weighted by molar-refractivity contribution is 5.58. The lowest BCUT2D eigenvalue weighted by molar-refractivity contribution is 0.488. The molecule has 1 fully saturated rings. The van der Waals surface area contributed by atoms with Crippen molar-refractivity contribution in [3.8, 4) is 11.3 Å². The Bertz CT molecular complexity index is 561. The van der Waals surface area contributed by atoms with E-state index in [1.54, 1.807) is 12.1 Å². The van der Waals surface area contributed by atoms with Crippen LogP contribution in [0.4, 0.5) is 8.78 Å². The van der Waals surface area contributed by atoms with Gasteiger partial charge in [0.15, 0.2) is 0 Å². The fourth-order valence-corrected chi connectivity index (χ4v) is 1.84. The molecule has 2 nitrogen and oxygen atoms in total. The van der Waals surface area contributed by atoms with E-state index in [0.29, 0.717) is 18.3 Å². The van der Waals surface area contributed by atoms with Crippen molar-refractivity contribution < 1.29 is 13.2 Å². The second kappa shape index (κ2) is 4.53. The number of hydrogen-bond donors (Lipinski definition) is 1. The summed E-state index contributed by atoms with van der Waals surface area (Å²) < 4.78 is 32.1. The Morgan fingerprint density at radius 1 is 1.17 bits per heavy atom. The molecule has 1 heterocycles. The van der Waals surface area contributed by atoms with E-state index in [4.69, 9.17) is 4.42 Å². The Morgan fingerprint density at radius 2 is 2.00 bits per heavy atom. The van der Waals surface area contributed by atoms with E-state index in [0.717, 1.165) is 24.0 Å². The third-order valence-corrected chi connectivity index (χ3v) is 3.00. The minimum Gasteiger partial charge on any atom is -0.460 e. The van der Waals surface area contributed by atoms with Gasteiger partial charge in [-0.1, -0.05) is 0 Å². The SMILES string of the molecule is Fc1ccc(F)c(-c2ccc(CNC3CC3)o2)c1. The first kappa shape index (κ1) is 11.4. The second-order valence-electron chi connectivity index (χ2n) is 4.55. The molecule has 1 aliphatic rings. The zero-order chi connectivity index (χ0) is 12.5. The fraction of sp³-hybridized carbons (Fsp3) is 0.286. The van der Waals surface area contributed by atoms with Crippen LogP contribution in [0.3, 0.4) is 0 Å². The Balaban J connectivity index is 1.80. The summed E-state index contributed by atoms with van der Waals surface area (Å²) in [5, 5.41) is 3.30. The minimum absolute atomic E-state index is 0.160. The number of nitrogens with one attached hydrogen (secondary N) is 1. The van der Waals surface area contributed by atoms with Crippen molar-refractivity contribution in [2.75, 3.05) is 0 Å². The first-order valence-corrected chi connectivity index (χ1v) is 6.00. The van der Waals surface area contributed by atoms with E-state index in [1.165, 1.54) is 12.8 Å². The van der Waals surface area contributed by atoms with Crippen molar-refractivity contribution in [2.45, 2.75) is 25.4 Å².